The highest BCUT2D eigenvalue weighted by molar-refractivity contribution is 6.04. The standard InChI is InChI=1S/C27H27NO6/c1-31-24-17-21(28-13-12-22(29)19-8-6-5-7-9-19)20(16-23(24)30)11-10-18-14-25(32-2)27(34-4)26(15-18)33-3/h5-17,28,30H,1-4H3/b11-10?,13-12-. The Morgan fingerprint density at radius 1 is 0.824 bits per heavy atom. The van der Waals surface area contributed by atoms with E-state index in [1.807, 2.05) is 42.5 Å². The van der Waals surface area contributed by atoms with Gasteiger partial charge in [-0.15, -0.1) is 0 Å². The lowest BCUT2D eigenvalue weighted by Crippen LogP contribution is -1.97. The summed E-state index contributed by atoms with van der Waals surface area (Å²) in [6, 6.07) is 15.8. The molecule has 3 aromatic carbocycles. The number of phenols is 1. The van der Waals surface area contributed by atoms with Crippen molar-refractivity contribution in [1.29, 1.82) is 0 Å². The third-order valence-corrected chi connectivity index (χ3v) is 5.03. The number of ketones is 1. The molecule has 2 N–H and O–H groups in total. The number of carbonyl (C=O) groups is 1. The predicted octanol–water partition coefficient (Wildman–Crippen LogP) is 5.41. The summed E-state index contributed by atoms with van der Waals surface area (Å²) < 4.78 is 21.4. The van der Waals surface area contributed by atoms with Gasteiger partial charge in [0.05, 0.1) is 28.4 Å². The Hall–Kier alpha value is -4.39. The van der Waals surface area contributed by atoms with Crippen LogP contribution in [-0.4, -0.2) is 39.3 Å². The highest BCUT2D eigenvalue weighted by atomic mass is 16.5. The van der Waals surface area contributed by atoms with Crippen LogP contribution in [0.1, 0.15) is 21.5 Å². The number of nitrogens with one attached hydrogen (secondary N) is 1. The number of hydrogen-bond acceptors (Lipinski definition) is 7. The van der Waals surface area contributed by atoms with Gasteiger partial charge in [-0.2, -0.15) is 0 Å². The molecule has 7 nitrogen and oxygen atoms in total. The largest absolute Gasteiger partial charge is 0.504 e. The number of anilines is 1. The Morgan fingerprint density at radius 2 is 1.47 bits per heavy atom. The fraction of sp³-hybridized carbons (Fsp3) is 0.148. The summed E-state index contributed by atoms with van der Waals surface area (Å²) in [5.41, 5.74) is 2.69. The van der Waals surface area contributed by atoms with Crippen LogP contribution in [0, 0.1) is 0 Å². The van der Waals surface area contributed by atoms with Crippen molar-refractivity contribution in [2.45, 2.75) is 0 Å². The summed E-state index contributed by atoms with van der Waals surface area (Å²) in [4.78, 5) is 12.3. The van der Waals surface area contributed by atoms with Gasteiger partial charge < -0.3 is 29.4 Å². The first kappa shape index (κ1) is 24.3. The van der Waals surface area contributed by atoms with Gasteiger partial charge >= 0.3 is 0 Å². The molecule has 0 atom stereocenters. The van der Waals surface area contributed by atoms with E-state index in [0.717, 1.165) is 5.56 Å². The number of methoxy groups -OCH3 is 4. The molecule has 0 saturated carbocycles. The Morgan fingerprint density at radius 3 is 2.06 bits per heavy atom. The van der Waals surface area contributed by atoms with Gasteiger partial charge in [0.2, 0.25) is 5.75 Å². The maximum absolute atomic E-state index is 12.3. The topological polar surface area (TPSA) is 86.3 Å². The van der Waals surface area contributed by atoms with Gasteiger partial charge in [-0.1, -0.05) is 42.5 Å². The lowest BCUT2D eigenvalue weighted by atomic mass is 10.1. The van der Waals surface area contributed by atoms with Crippen LogP contribution in [0.15, 0.2) is 66.9 Å². The second-order valence-electron chi connectivity index (χ2n) is 7.11. The number of benzene rings is 3. The van der Waals surface area contributed by atoms with E-state index in [1.54, 1.807) is 51.8 Å². The molecule has 0 heterocycles. The van der Waals surface area contributed by atoms with E-state index >= 15 is 0 Å². The normalized spacial score (nSPS) is 10.9. The first-order chi connectivity index (χ1) is 16.5. The average Bonchev–Trinajstić information content (AvgIpc) is 2.87. The van der Waals surface area contributed by atoms with Crippen molar-refractivity contribution in [3.63, 3.8) is 0 Å². The average molecular weight is 462 g/mol. The molecule has 3 rings (SSSR count). The van der Waals surface area contributed by atoms with Gasteiger partial charge in [-0.05, 0) is 23.8 Å². The number of ether oxygens (including phenoxy) is 4. The van der Waals surface area contributed by atoms with Gasteiger partial charge in [-0.3, -0.25) is 4.79 Å². The molecule has 0 aromatic heterocycles. The van der Waals surface area contributed by atoms with Crippen molar-refractivity contribution < 1.29 is 28.8 Å². The van der Waals surface area contributed by atoms with Crippen molar-refractivity contribution in [3.8, 4) is 28.7 Å². The quantitative estimate of drug-likeness (QED) is 0.181. The predicted molar refractivity (Wildman–Crippen MR) is 133 cm³/mol. The van der Waals surface area contributed by atoms with Crippen LogP contribution in [0.2, 0.25) is 0 Å². The van der Waals surface area contributed by atoms with E-state index in [2.05, 4.69) is 5.32 Å². The van der Waals surface area contributed by atoms with Crippen LogP contribution in [0.3, 0.4) is 0 Å². The second kappa shape index (κ2) is 11.5. The molecule has 0 radical (unpaired) electrons. The fourth-order valence-electron chi connectivity index (χ4n) is 3.30. The molecule has 0 amide bonds. The van der Waals surface area contributed by atoms with Crippen LogP contribution in [-0.2, 0) is 0 Å². The molecular weight excluding hydrogens is 434 g/mol. The third-order valence-electron chi connectivity index (χ3n) is 5.03. The maximum Gasteiger partial charge on any atom is 0.203 e. The number of carbonyl (C=O) groups excluding carboxylic acids is 1. The van der Waals surface area contributed by atoms with Crippen LogP contribution < -0.4 is 24.3 Å². The molecule has 0 spiro atoms. The molecule has 0 aliphatic rings. The van der Waals surface area contributed by atoms with Crippen molar-refractivity contribution >= 4 is 23.6 Å². The monoisotopic (exact) mass is 461 g/mol. The lowest BCUT2D eigenvalue weighted by Gasteiger charge is -2.13. The molecule has 176 valence electrons. The first-order valence-electron chi connectivity index (χ1n) is 10.4. The number of allylic oxidation sites excluding steroid dienone is 1. The van der Waals surface area contributed by atoms with Crippen molar-refractivity contribution in [1.82, 2.24) is 0 Å². The molecule has 7 heteroatoms. The zero-order valence-corrected chi connectivity index (χ0v) is 19.5. The highest BCUT2D eigenvalue weighted by Gasteiger charge is 2.13. The van der Waals surface area contributed by atoms with E-state index in [9.17, 15) is 9.90 Å². The molecule has 0 aliphatic carbocycles. The van der Waals surface area contributed by atoms with E-state index < -0.39 is 0 Å². The van der Waals surface area contributed by atoms with Gasteiger partial charge in [0.1, 0.15) is 0 Å². The summed E-state index contributed by atoms with van der Waals surface area (Å²) in [5.74, 6) is 1.71. The molecule has 0 fully saturated rings. The summed E-state index contributed by atoms with van der Waals surface area (Å²) in [6.45, 7) is 0. The number of aromatic hydroxyl groups is 1. The van der Waals surface area contributed by atoms with Crippen molar-refractivity contribution in [2.75, 3.05) is 33.8 Å². The van der Waals surface area contributed by atoms with Gasteiger partial charge in [0, 0.05) is 35.2 Å². The molecule has 3 aromatic rings. The number of rotatable bonds is 10. The van der Waals surface area contributed by atoms with Gasteiger partial charge in [-0.25, -0.2) is 0 Å². The van der Waals surface area contributed by atoms with Crippen LogP contribution in [0.25, 0.3) is 12.2 Å². The molecule has 0 aliphatic heterocycles. The van der Waals surface area contributed by atoms with E-state index in [4.69, 9.17) is 18.9 Å². The SMILES string of the molecule is COc1cc(N/C=C\C(=O)c2ccccc2)c(C=Cc2cc(OC)c(OC)c(OC)c2)cc1O. The maximum atomic E-state index is 12.3. The van der Waals surface area contributed by atoms with Gasteiger partial charge in [0.15, 0.2) is 28.8 Å². The Kier molecular flexibility index (Phi) is 8.18. The minimum absolute atomic E-state index is 0.0121. The van der Waals surface area contributed by atoms with Crippen LogP contribution >= 0.6 is 0 Å². The summed E-state index contributed by atoms with van der Waals surface area (Å²) in [6.07, 6.45) is 6.66. The minimum Gasteiger partial charge on any atom is -0.504 e. The van der Waals surface area contributed by atoms with Crippen LogP contribution in [0.4, 0.5) is 5.69 Å². The summed E-state index contributed by atoms with van der Waals surface area (Å²) >= 11 is 0. The molecular formula is C27H27NO6. The third kappa shape index (κ3) is 5.69. The highest BCUT2D eigenvalue weighted by Crippen LogP contribution is 2.39. The van der Waals surface area contributed by atoms with E-state index in [0.29, 0.717) is 39.8 Å². The van der Waals surface area contributed by atoms with Crippen molar-refractivity contribution in [2.24, 2.45) is 0 Å². The summed E-state index contributed by atoms with van der Waals surface area (Å²) in [5, 5.41) is 13.4. The fourth-order valence-corrected chi connectivity index (χ4v) is 3.30. The number of phenolic OH excluding ortho intramolecular Hbond substituents is 1. The molecule has 0 bridgehead atoms. The smallest absolute Gasteiger partial charge is 0.203 e. The Bertz CT molecular complexity index is 1180. The minimum atomic E-state index is -0.131. The van der Waals surface area contributed by atoms with E-state index in [-0.39, 0.29) is 11.5 Å². The molecule has 0 saturated heterocycles. The van der Waals surface area contributed by atoms with E-state index in [1.165, 1.54) is 13.2 Å². The van der Waals surface area contributed by atoms with Crippen molar-refractivity contribution in [3.05, 3.63) is 83.6 Å². The lowest BCUT2D eigenvalue weighted by molar-refractivity contribution is 0.104. The first-order valence-corrected chi connectivity index (χ1v) is 10.4. The molecule has 0 unspecified atom stereocenters. The number of hydrogen-bond donors (Lipinski definition) is 2. The zero-order valence-electron chi connectivity index (χ0n) is 19.5. The van der Waals surface area contributed by atoms with Crippen LogP contribution in [0.5, 0.6) is 28.7 Å². The zero-order chi connectivity index (χ0) is 24.5. The summed E-state index contributed by atoms with van der Waals surface area (Å²) in [7, 11) is 6.12. The van der Waals surface area contributed by atoms with Gasteiger partial charge in [0.25, 0.3) is 0 Å². The Balaban J connectivity index is 1.91. The molecule has 34 heavy (non-hydrogen) atoms. The Labute approximate surface area is 198 Å². The second-order valence-corrected chi connectivity index (χ2v) is 7.11.